The molecule has 0 spiro atoms. The Labute approximate surface area is 196 Å². The van der Waals surface area contributed by atoms with Gasteiger partial charge in [-0.05, 0) is 63.1 Å². The van der Waals surface area contributed by atoms with Crippen molar-refractivity contribution in [3.63, 3.8) is 0 Å². The molecule has 1 saturated heterocycles. The van der Waals surface area contributed by atoms with E-state index in [9.17, 15) is 9.18 Å². The fourth-order valence-corrected chi connectivity index (χ4v) is 4.47. The van der Waals surface area contributed by atoms with Gasteiger partial charge in [0.25, 0.3) is 5.95 Å². The number of halogens is 1. The summed E-state index contributed by atoms with van der Waals surface area (Å²) in [5.41, 5.74) is 4.05. The van der Waals surface area contributed by atoms with Gasteiger partial charge in [-0.25, -0.2) is 19.0 Å². The van der Waals surface area contributed by atoms with Crippen LogP contribution in [0.25, 0.3) is 17.2 Å². The van der Waals surface area contributed by atoms with Crippen LogP contribution in [0.4, 0.5) is 4.39 Å². The Kier molecular flexibility index (Phi) is 5.91. The molecule has 1 amide bonds. The molecule has 4 aromatic rings. The minimum absolute atomic E-state index is 0.0554. The van der Waals surface area contributed by atoms with Gasteiger partial charge in [-0.15, -0.1) is 0 Å². The summed E-state index contributed by atoms with van der Waals surface area (Å²) < 4.78 is 20.4. The number of rotatable bonds is 5. The fraction of sp³-hybridized carbons (Fsp3) is 0.320. The van der Waals surface area contributed by atoms with E-state index in [1.807, 2.05) is 24.8 Å². The van der Waals surface area contributed by atoms with Gasteiger partial charge in [0.2, 0.25) is 5.91 Å². The Bertz CT molecular complexity index is 1280. The van der Waals surface area contributed by atoms with Gasteiger partial charge in [-0.1, -0.05) is 5.16 Å². The molecule has 174 valence electrons. The van der Waals surface area contributed by atoms with Gasteiger partial charge < -0.3 is 9.42 Å². The molecule has 4 heterocycles. The van der Waals surface area contributed by atoms with Crippen LogP contribution in [-0.4, -0.2) is 48.8 Å². The van der Waals surface area contributed by atoms with Gasteiger partial charge in [-0.2, -0.15) is 5.10 Å². The summed E-state index contributed by atoms with van der Waals surface area (Å²) in [6, 6.07) is 10.0. The first-order valence-corrected chi connectivity index (χ1v) is 11.3. The number of carbonyl (C=O) groups is 1. The summed E-state index contributed by atoms with van der Waals surface area (Å²) in [7, 11) is 0. The third-order valence-corrected chi connectivity index (χ3v) is 6.32. The Morgan fingerprint density at radius 1 is 1.18 bits per heavy atom. The molecule has 5 rings (SSSR count). The van der Waals surface area contributed by atoms with Crippen LogP contribution in [-0.2, 0) is 11.2 Å². The van der Waals surface area contributed by atoms with Crippen molar-refractivity contribution in [1.82, 2.24) is 29.8 Å². The lowest BCUT2D eigenvalue weighted by Crippen LogP contribution is -2.40. The molecule has 0 bridgehead atoms. The first-order chi connectivity index (χ1) is 16.5. The molecule has 1 atom stereocenters. The summed E-state index contributed by atoms with van der Waals surface area (Å²) in [6.45, 7) is 4.97. The highest BCUT2D eigenvalue weighted by Gasteiger charge is 2.29. The average molecular weight is 461 g/mol. The lowest BCUT2D eigenvalue weighted by molar-refractivity contribution is -0.131. The van der Waals surface area contributed by atoms with Gasteiger partial charge in [0.1, 0.15) is 11.6 Å². The lowest BCUT2D eigenvalue weighted by Gasteiger charge is -2.33. The Morgan fingerprint density at radius 2 is 1.94 bits per heavy atom. The molecule has 0 N–H and O–H groups in total. The highest BCUT2D eigenvalue weighted by Crippen LogP contribution is 2.32. The Hall–Kier alpha value is -3.88. The molecule has 8 nitrogen and oxygen atoms in total. The number of amides is 1. The van der Waals surface area contributed by atoms with Crippen molar-refractivity contribution in [1.29, 1.82) is 0 Å². The molecular weight excluding hydrogens is 435 g/mol. The number of hydrogen-bond donors (Lipinski definition) is 0. The van der Waals surface area contributed by atoms with Crippen LogP contribution < -0.4 is 0 Å². The maximum absolute atomic E-state index is 13.5. The van der Waals surface area contributed by atoms with Crippen molar-refractivity contribution in [3.8, 4) is 17.2 Å². The third kappa shape index (κ3) is 4.33. The summed E-state index contributed by atoms with van der Waals surface area (Å²) >= 11 is 0. The zero-order chi connectivity index (χ0) is 23.7. The molecule has 1 aromatic carbocycles. The SMILES string of the molecule is Cc1noc(C)c1CC(=O)N1CCCC(c2cc(-c3ccc(F)cc3)nn2-c2ncccn2)C1. The highest BCUT2D eigenvalue weighted by molar-refractivity contribution is 5.79. The first kappa shape index (κ1) is 21.9. The summed E-state index contributed by atoms with van der Waals surface area (Å²) in [4.78, 5) is 23.8. The maximum Gasteiger partial charge on any atom is 0.250 e. The smallest absolute Gasteiger partial charge is 0.250 e. The molecule has 34 heavy (non-hydrogen) atoms. The molecule has 9 heteroatoms. The summed E-state index contributed by atoms with van der Waals surface area (Å²) in [5, 5.41) is 8.72. The molecule has 1 aliphatic rings. The molecule has 0 radical (unpaired) electrons. The van der Waals surface area contributed by atoms with Crippen LogP contribution in [0.1, 0.15) is 41.5 Å². The second-order valence-electron chi connectivity index (χ2n) is 8.58. The van der Waals surface area contributed by atoms with Gasteiger partial charge in [0, 0.05) is 42.5 Å². The monoisotopic (exact) mass is 460 g/mol. The highest BCUT2D eigenvalue weighted by atomic mass is 19.1. The number of likely N-dealkylation sites (tertiary alicyclic amines) is 1. The summed E-state index contributed by atoms with van der Waals surface area (Å²) in [5.74, 6) is 0.968. The second-order valence-corrected chi connectivity index (χ2v) is 8.58. The number of aryl methyl sites for hydroxylation is 2. The van der Waals surface area contributed by atoms with Crippen molar-refractivity contribution in [2.75, 3.05) is 13.1 Å². The molecule has 3 aromatic heterocycles. The predicted octanol–water partition coefficient (Wildman–Crippen LogP) is 4.02. The standard InChI is InChI=1S/C25H25FN6O2/c1-16-21(17(2)34-30-16)13-24(33)31-12-3-5-19(15-31)23-14-22(18-6-8-20(26)9-7-18)29-32(23)25-27-10-4-11-28-25/h4,6-11,14,19H,3,5,12-13,15H2,1-2H3. The molecule has 1 unspecified atom stereocenters. The van der Waals surface area contributed by atoms with Gasteiger partial charge >= 0.3 is 0 Å². The van der Waals surface area contributed by atoms with E-state index in [-0.39, 0.29) is 24.1 Å². The lowest BCUT2D eigenvalue weighted by atomic mass is 9.93. The van der Waals surface area contributed by atoms with E-state index in [4.69, 9.17) is 9.62 Å². The zero-order valence-electron chi connectivity index (χ0n) is 19.1. The van der Waals surface area contributed by atoms with Crippen LogP contribution in [0, 0.1) is 19.7 Å². The van der Waals surface area contributed by atoms with E-state index in [0.717, 1.165) is 35.4 Å². The molecule has 0 saturated carbocycles. The quantitative estimate of drug-likeness (QED) is 0.447. The maximum atomic E-state index is 13.5. The fourth-order valence-electron chi connectivity index (χ4n) is 4.47. The molecule has 1 fully saturated rings. The van der Waals surface area contributed by atoms with Crippen LogP contribution in [0.2, 0.25) is 0 Å². The van der Waals surface area contributed by atoms with E-state index in [2.05, 4.69) is 15.1 Å². The average Bonchev–Trinajstić information content (AvgIpc) is 3.44. The van der Waals surface area contributed by atoms with Gasteiger partial charge in [-0.3, -0.25) is 4.79 Å². The van der Waals surface area contributed by atoms with Gasteiger partial charge in [0.15, 0.2) is 0 Å². The van der Waals surface area contributed by atoms with Crippen molar-refractivity contribution in [2.45, 2.75) is 39.0 Å². The number of hydrogen-bond acceptors (Lipinski definition) is 6. The van der Waals surface area contributed by atoms with Crippen LogP contribution in [0.5, 0.6) is 0 Å². The van der Waals surface area contributed by atoms with Crippen molar-refractivity contribution >= 4 is 5.91 Å². The number of piperidine rings is 1. The Balaban J connectivity index is 1.44. The van der Waals surface area contributed by atoms with E-state index in [1.54, 1.807) is 35.3 Å². The van der Waals surface area contributed by atoms with Crippen LogP contribution in [0.3, 0.4) is 0 Å². The second kappa shape index (κ2) is 9.17. The van der Waals surface area contributed by atoms with Gasteiger partial charge in [0.05, 0.1) is 23.5 Å². The first-order valence-electron chi connectivity index (χ1n) is 11.3. The number of carbonyl (C=O) groups excluding carboxylic acids is 1. The zero-order valence-corrected chi connectivity index (χ0v) is 19.1. The van der Waals surface area contributed by atoms with E-state index < -0.39 is 0 Å². The molecule has 0 aliphatic carbocycles. The third-order valence-electron chi connectivity index (χ3n) is 6.32. The topological polar surface area (TPSA) is 89.9 Å². The van der Waals surface area contributed by atoms with Crippen LogP contribution >= 0.6 is 0 Å². The van der Waals surface area contributed by atoms with Crippen molar-refractivity contribution in [3.05, 3.63) is 77.3 Å². The molecule has 1 aliphatic heterocycles. The van der Waals surface area contributed by atoms with E-state index in [0.29, 0.717) is 30.5 Å². The molecular formula is C25H25FN6O2. The van der Waals surface area contributed by atoms with E-state index >= 15 is 0 Å². The minimum Gasteiger partial charge on any atom is -0.361 e. The van der Waals surface area contributed by atoms with Crippen molar-refractivity contribution < 1.29 is 13.7 Å². The van der Waals surface area contributed by atoms with Crippen molar-refractivity contribution in [2.24, 2.45) is 0 Å². The number of benzene rings is 1. The minimum atomic E-state index is -0.297. The largest absolute Gasteiger partial charge is 0.361 e. The Morgan fingerprint density at radius 3 is 2.65 bits per heavy atom. The predicted molar refractivity (Wildman–Crippen MR) is 123 cm³/mol. The normalized spacial score (nSPS) is 16.1. The van der Waals surface area contributed by atoms with E-state index in [1.165, 1.54) is 12.1 Å². The van der Waals surface area contributed by atoms with Crippen LogP contribution in [0.15, 0.2) is 53.3 Å². The summed E-state index contributed by atoms with van der Waals surface area (Å²) in [6.07, 6.45) is 5.41. The number of aromatic nitrogens is 5. The number of nitrogens with zero attached hydrogens (tertiary/aromatic N) is 6.